The lowest BCUT2D eigenvalue weighted by atomic mass is 10.2. The van der Waals surface area contributed by atoms with Crippen molar-refractivity contribution in [2.75, 3.05) is 39.4 Å². The predicted octanol–water partition coefficient (Wildman–Crippen LogP) is 0.730. The van der Waals surface area contributed by atoms with Crippen LogP contribution in [0.1, 0.15) is 10.5 Å². The van der Waals surface area contributed by atoms with E-state index in [2.05, 4.69) is 15.2 Å². The van der Waals surface area contributed by atoms with E-state index < -0.39 is 6.10 Å². The second kappa shape index (κ2) is 7.08. The monoisotopic (exact) mass is 321 g/mol. The maximum absolute atomic E-state index is 13.6. The molecule has 0 radical (unpaired) electrons. The Morgan fingerprint density at radius 3 is 2.96 bits per heavy atom. The van der Waals surface area contributed by atoms with Gasteiger partial charge < -0.3 is 20.1 Å². The van der Waals surface area contributed by atoms with Crippen LogP contribution in [0.3, 0.4) is 0 Å². The lowest BCUT2D eigenvalue weighted by Crippen LogP contribution is -2.44. The fraction of sp³-hybridized carbons (Fsp3) is 0.438. The number of ether oxygens (including phenoxy) is 1. The smallest absolute Gasteiger partial charge is 0.267 e. The number of carbonyl (C=O) groups excluding carboxylic acids is 1. The topological polar surface area (TPSA) is 77.6 Å². The van der Waals surface area contributed by atoms with Crippen molar-refractivity contribution in [2.45, 2.75) is 6.10 Å². The fourth-order valence-corrected chi connectivity index (χ4v) is 2.69. The van der Waals surface area contributed by atoms with E-state index in [1.165, 1.54) is 12.1 Å². The van der Waals surface area contributed by atoms with Crippen LogP contribution in [-0.2, 0) is 4.74 Å². The Hall–Kier alpha value is -1.96. The van der Waals surface area contributed by atoms with Crippen molar-refractivity contribution in [1.29, 1.82) is 0 Å². The number of H-pyrrole nitrogens is 1. The first-order valence-electron chi connectivity index (χ1n) is 7.67. The molecule has 1 atom stereocenters. The minimum absolute atomic E-state index is 0.147. The highest BCUT2D eigenvalue weighted by molar-refractivity contribution is 5.98. The van der Waals surface area contributed by atoms with Crippen molar-refractivity contribution in [2.24, 2.45) is 0 Å². The first kappa shape index (κ1) is 15.9. The molecule has 7 heteroatoms. The molecule has 1 unspecified atom stereocenters. The number of benzene rings is 1. The number of aromatic amines is 1. The van der Waals surface area contributed by atoms with Gasteiger partial charge in [-0.25, -0.2) is 4.39 Å². The molecular formula is C16H20FN3O3. The van der Waals surface area contributed by atoms with E-state index in [4.69, 9.17) is 4.74 Å². The fourth-order valence-electron chi connectivity index (χ4n) is 2.69. The van der Waals surface area contributed by atoms with E-state index in [0.717, 1.165) is 13.1 Å². The number of hydrogen-bond acceptors (Lipinski definition) is 4. The number of halogens is 1. The summed E-state index contributed by atoms with van der Waals surface area (Å²) in [5.41, 5.74) is 0.854. The van der Waals surface area contributed by atoms with E-state index in [9.17, 15) is 14.3 Å². The molecule has 1 aliphatic heterocycles. The molecule has 1 aromatic heterocycles. The third-order valence-corrected chi connectivity index (χ3v) is 3.93. The molecule has 2 aromatic rings. The average Bonchev–Trinajstić information content (AvgIpc) is 2.99. The van der Waals surface area contributed by atoms with Crippen LogP contribution >= 0.6 is 0 Å². The Kier molecular flexibility index (Phi) is 4.90. The molecule has 1 saturated heterocycles. The molecule has 124 valence electrons. The highest BCUT2D eigenvalue weighted by Gasteiger charge is 2.17. The van der Waals surface area contributed by atoms with Crippen molar-refractivity contribution >= 4 is 16.8 Å². The first-order chi connectivity index (χ1) is 11.1. The maximum Gasteiger partial charge on any atom is 0.267 e. The van der Waals surface area contributed by atoms with Crippen LogP contribution in [0.4, 0.5) is 4.39 Å². The lowest BCUT2D eigenvalue weighted by Gasteiger charge is -2.28. The van der Waals surface area contributed by atoms with Crippen LogP contribution in [0, 0.1) is 5.82 Å². The van der Waals surface area contributed by atoms with Gasteiger partial charge in [0.1, 0.15) is 11.5 Å². The lowest BCUT2D eigenvalue weighted by molar-refractivity contribution is 0.0149. The number of amides is 1. The SMILES string of the molecule is O=C(NCC(O)CN1CCOCC1)c1cc2c(F)cccc2[nH]1. The molecule has 0 spiro atoms. The number of β-amino-alcohol motifs (C(OH)–C–C–N with tert-alkyl or cyclic N) is 1. The zero-order valence-corrected chi connectivity index (χ0v) is 12.7. The summed E-state index contributed by atoms with van der Waals surface area (Å²) in [6.45, 7) is 3.54. The Morgan fingerprint density at radius 1 is 1.43 bits per heavy atom. The Balaban J connectivity index is 1.54. The number of hydrogen-bond donors (Lipinski definition) is 3. The van der Waals surface area contributed by atoms with Crippen LogP contribution in [-0.4, -0.2) is 66.4 Å². The third-order valence-electron chi connectivity index (χ3n) is 3.93. The van der Waals surface area contributed by atoms with Crippen molar-refractivity contribution < 1.29 is 19.0 Å². The van der Waals surface area contributed by atoms with E-state index in [1.54, 1.807) is 12.1 Å². The van der Waals surface area contributed by atoms with Gasteiger partial charge in [-0.15, -0.1) is 0 Å². The summed E-state index contributed by atoms with van der Waals surface area (Å²) in [5, 5.41) is 13.1. The summed E-state index contributed by atoms with van der Waals surface area (Å²) in [7, 11) is 0. The summed E-state index contributed by atoms with van der Waals surface area (Å²) < 4.78 is 18.9. The molecule has 1 aliphatic rings. The van der Waals surface area contributed by atoms with Gasteiger partial charge in [0.05, 0.1) is 19.3 Å². The number of aliphatic hydroxyl groups excluding tert-OH is 1. The number of morpholine rings is 1. The van der Waals surface area contributed by atoms with Gasteiger partial charge in [-0.05, 0) is 18.2 Å². The molecule has 6 nitrogen and oxygen atoms in total. The quantitative estimate of drug-likeness (QED) is 0.759. The van der Waals surface area contributed by atoms with Crippen LogP contribution in [0.2, 0.25) is 0 Å². The zero-order valence-electron chi connectivity index (χ0n) is 12.7. The molecule has 1 amide bonds. The van der Waals surface area contributed by atoms with Crippen LogP contribution in [0.15, 0.2) is 24.3 Å². The van der Waals surface area contributed by atoms with Gasteiger partial charge in [-0.2, -0.15) is 0 Å². The van der Waals surface area contributed by atoms with Crippen LogP contribution in [0.25, 0.3) is 10.9 Å². The molecule has 0 aliphatic carbocycles. The molecule has 3 rings (SSSR count). The summed E-state index contributed by atoms with van der Waals surface area (Å²) >= 11 is 0. The van der Waals surface area contributed by atoms with Crippen molar-refractivity contribution in [3.05, 3.63) is 35.8 Å². The first-order valence-corrected chi connectivity index (χ1v) is 7.67. The number of aromatic nitrogens is 1. The van der Waals surface area contributed by atoms with Crippen molar-refractivity contribution in [1.82, 2.24) is 15.2 Å². The Morgan fingerprint density at radius 2 is 2.22 bits per heavy atom. The van der Waals surface area contributed by atoms with Crippen LogP contribution in [0.5, 0.6) is 0 Å². The number of nitrogens with zero attached hydrogens (tertiary/aromatic N) is 1. The van der Waals surface area contributed by atoms with Gasteiger partial charge in [0.2, 0.25) is 0 Å². The van der Waals surface area contributed by atoms with Gasteiger partial charge in [-0.1, -0.05) is 6.07 Å². The Labute approximate surface area is 133 Å². The summed E-state index contributed by atoms with van der Waals surface area (Å²) in [6, 6.07) is 6.13. The highest BCUT2D eigenvalue weighted by atomic mass is 19.1. The molecular weight excluding hydrogens is 301 g/mol. The van der Waals surface area contributed by atoms with Gasteiger partial charge in [0.15, 0.2) is 0 Å². The number of aliphatic hydroxyl groups is 1. The maximum atomic E-state index is 13.6. The summed E-state index contributed by atoms with van der Waals surface area (Å²) in [6.07, 6.45) is -0.654. The highest BCUT2D eigenvalue weighted by Crippen LogP contribution is 2.18. The average molecular weight is 321 g/mol. The van der Waals surface area contributed by atoms with Gasteiger partial charge in [-0.3, -0.25) is 9.69 Å². The second-order valence-corrected chi connectivity index (χ2v) is 5.66. The van der Waals surface area contributed by atoms with Gasteiger partial charge >= 0.3 is 0 Å². The number of rotatable bonds is 5. The second-order valence-electron chi connectivity index (χ2n) is 5.66. The summed E-state index contributed by atoms with van der Waals surface area (Å²) in [5.74, 6) is -0.730. The normalized spacial score (nSPS) is 17.3. The number of fused-ring (bicyclic) bond motifs is 1. The van der Waals surface area contributed by atoms with Gasteiger partial charge in [0, 0.05) is 37.1 Å². The summed E-state index contributed by atoms with van der Waals surface area (Å²) in [4.78, 5) is 17.1. The van der Waals surface area contributed by atoms with Crippen molar-refractivity contribution in [3.63, 3.8) is 0 Å². The number of nitrogens with one attached hydrogen (secondary N) is 2. The number of carbonyl (C=O) groups is 1. The standard InChI is InChI=1S/C16H20FN3O3/c17-13-2-1-3-14-12(13)8-15(19-14)16(22)18-9-11(21)10-20-4-6-23-7-5-20/h1-3,8,11,19,21H,4-7,9-10H2,(H,18,22). The Bertz CT molecular complexity index is 682. The molecule has 23 heavy (non-hydrogen) atoms. The van der Waals surface area contributed by atoms with E-state index >= 15 is 0 Å². The predicted molar refractivity (Wildman–Crippen MR) is 83.9 cm³/mol. The third kappa shape index (κ3) is 3.87. The van der Waals surface area contributed by atoms with E-state index in [-0.39, 0.29) is 24.0 Å². The van der Waals surface area contributed by atoms with Gasteiger partial charge in [0.25, 0.3) is 5.91 Å². The van der Waals surface area contributed by atoms with E-state index in [1.807, 2.05) is 0 Å². The molecule has 0 bridgehead atoms. The van der Waals surface area contributed by atoms with Crippen LogP contribution < -0.4 is 5.32 Å². The molecule has 0 saturated carbocycles. The largest absolute Gasteiger partial charge is 0.390 e. The molecule has 1 aromatic carbocycles. The van der Waals surface area contributed by atoms with E-state index in [0.29, 0.717) is 30.7 Å². The minimum atomic E-state index is -0.654. The molecule has 2 heterocycles. The molecule has 1 fully saturated rings. The van der Waals surface area contributed by atoms with Crippen molar-refractivity contribution in [3.8, 4) is 0 Å². The molecule has 3 N–H and O–H groups in total. The minimum Gasteiger partial charge on any atom is -0.390 e. The zero-order chi connectivity index (χ0) is 16.2.